The molecule has 2 aromatic carbocycles. The van der Waals surface area contributed by atoms with Crippen molar-refractivity contribution < 1.29 is 0 Å². The van der Waals surface area contributed by atoms with Crippen LogP contribution in [0.3, 0.4) is 0 Å². The van der Waals surface area contributed by atoms with Crippen molar-refractivity contribution in [3.05, 3.63) is 94.8 Å². The molecule has 2 heteroatoms. The van der Waals surface area contributed by atoms with Crippen LogP contribution < -0.4 is 0 Å². The number of rotatable bonds is 3. The zero-order valence-corrected chi connectivity index (χ0v) is 15.2. The molecule has 25 heavy (non-hydrogen) atoms. The summed E-state index contributed by atoms with van der Waals surface area (Å²) in [6.45, 7) is 7.52. The van der Waals surface area contributed by atoms with Gasteiger partial charge in [0.2, 0.25) is 0 Å². The van der Waals surface area contributed by atoms with Crippen LogP contribution in [0.4, 0.5) is 0 Å². The molecular formula is C23H26N2. The maximum Gasteiger partial charge on any atom is 0.0759 e. The van der Waals surface area contributed by atoms with Crippen LogP contribution in [-0.4, -0.2) is 16.0 Å². The first-order valence-electron chi connectivity index (χ1n) is 9.22. The Hall–Kier alpha value is -2.32. The molecule has 3 aromatic rings. The molecule has 0 N–H and O–H groups in total. The minimum Gasteiger partial charge on any atom is -0.350 e. The number of aryl methyl sites for hydroxylation is 3. The number of fused-ring (bicyclic) bond motifs is 1. The molecule has 0 aliphatic carbocycles. The zero-order chi connectivity index (χ0) is 17.2. The van der Waals surface area contributed by atoms with Crippen LogP contribution in [0.5, 0.6) is 0 Å². The van der Waals surface area contributed by atoms with Gasteiger partial charge < -0.3 is 4.57 Å². The zero-order valence-electron chi connectivity index (χ0n) is 15.2. The molecule has 0 saturated carbocycles. The second-order valence-corrected chi connectivity index (χ2v) is 7.25. The van der Waals surface area contributed by atoms with E-state index in [0.717, 1.165) is 19.6 Å². The molecule has 0 fully saturated rings. The molecule has 0 spiro atoms. The fourth-order valence-corrected chi connectivity index (χ4v) is 3.87. The predicted octanol–water partition coefficient (Wildman–Crippen LogP) is 5.10. The number of nitrogens with zero attached hydrogens (tertiary/aromatic N) is 2. The highest BCUT2D eigenvalue weighted by Crippen LogP contribution is 2.33. The second-order valence-electron chi connectivity index (χ2n) is 7.25. The van der Waals surface area contributed by atoms with Gasteiger partial charge in [-0.2, -0.15) is 0 Å². The summed E-state index contributed by atoms with van der Waals surface area (Å²) in [5.74, 6) is 0. The Balaban J connectivity index is 1.72. The first-order chi connectivity index (χ1) is 12.2. The van der Waals surface area contributed by atoms with Crippen LogP contribution in [0.2, 0.25) is 0 Å². The lowest BCUT2D eigenvalue weighted by Crippen LogP contribution is -2.29. The van der Waals surface area contributed by atoms with Crippen LogP contribution in [-0.2, 0) is 13.1 Å². The highest BCUT2D eigenvalue weighted by Gasteiger charge is 2.27. The minimum absolute atomic E-state index is 0.319. The normalized spacial score (nSPS) is 17.9. The van der Waals surface area contributed by atoms with Crippen molar-refractivity contribution in [2.24, 2.45) is 0 Å². The highest BCUT2D eigenvalue weighted by molar-refractivity contribution is 5.32. The lowest BCUT2D eigenvalue weighted by atomic mass is 10.00. The Morgan fingerprint density at radius 3 is 2.24 bits per heavy atom. The van der Waals surface area contributed by atoms with Gasteiger partial charge in [-0.05, 0) is 43.5 Å². The van der Waals surface area contributed by atoms with Crippen LogP contribution in [0, 0.1) is 13.8 Å². The molecule has 0 saturated heterocycles. The Morgan fingerprint density at radius 1 is 0.840 bits per heavy atom. The topological polar surface area (TPSA) is 8.17 Å². The van der Waals surface area contributed by atoms with E-state index in [4.69, 9.17) is 0 Å². The molecule has 4 rings (SSSR count). The first-order valence-corrected chi connectivity index (χ1v) is 9.22. The SMILES string of the molecule is Cc1ccc(CN2CCCn3cccc3[C@@H]2c2ccc(C)cc2)cc1. The van der Waals surface area contributed by atoms with E-state index in [9.17, 15) is 0 Å². The van der Waals surface area contributed by atoms with Crippen molar-refractivity contribution in [3.8, 4) is 0 Å². The summed E-state index contributed by atoms with van der Waals surface area (Å²) < 4.78 is 2.43. The van der Waals surface area contributed by atoms with E-state index in [1.54, 1.807) is 0 Å². The molecule has 2 heterocycles. The quantitative estimate of drug-likeness (QED) is 0.648. The Bertz CT molecular complexity index is 827. The smallest absolute Gasteiger partial charge is 0.0759 e. The van der Waals surface area contributed by atoms with Gasteiger partial charge in [-0.25, -0.2) is 0 Å². The molecule has 1 aliphatic heterocycles. The summed E-state index contributed by atoms with van der Waals surface area (Å²) >= 11 is 0. The standard InChI is InChI=1S/C23H26N2/c1-18-6-10-20(11-7-18)17-25-16-4-15-24-14-3-5-22(24)23(25)21-12-8-19(2)9-13-21/h3,5-14,23H,4,15-17H2,1-2H3/t23-/m0/s1. The fraction of sp³-hybridized carbons (Fsp3) is 0.304. The largest absolute Gasteiger partial charge is 0.350 e. The average Bonchev–Trinajstić information content (AvgIpc) is 3.00. The summed E-state index contributed by atoms with van der Waals surface area (Å²) in [5, 5.41) is 0. The molecular weight excluding hydrogens is 304 g/mol. The molecule has 1 atom stereocenters. The van der Waals surface area contributed by atoms with Crippen LogP contribution in [0.1, 0.15) is 40.4 Å². The summed E-state index contributed by atoms with van der Waals surface area (Å²) in [4.78, 5) is 2.63. The van der Waals surface area contributed by atoms with E-state index in [1.165, 1.54) is 34.4 Å². The van der Waals surface area contributed by atoms with Gasteiger partial charge in [-0.1, -0.05) is 59.7 Å². The molecule has 128 valence electrons. The molecule has 0 amide bonds. The lowest BCUT2D eigenvalue weighted by molar-refractivity contribution is 0.220. The fourth-order valence-electron chi connectivity index (χ4n) is 3.87. The molecule has 0 unspecified atom stereocenters. The van der Waals surface area contributed by atoms with Gasteiger partial charge in [0.05, 0.1) is 6.04 Å². The lowest BCUT2D eigenvalue weighted by Gasteiger charge is -2.31. The predicted molar refractivity (Wildman–Crippen MR) is 104 cm³/mol. The monoisotopic (exact) mass is 330 g/mol. The van der Waals surface area contributed by atoms with Crippen molar-refractivity contribution in [1.29, 1.82) is 0 Å². The Labute approximate surface area is 150 Å². The van der Waals surface area contributed by atoms with E-state index in [0.29, 0.717) is 6.04 Å². The summed E-state index contributed by atoms with van der Waals surface area (Å²) in [7, 11) is 0. The molecule has 2 nitrogen and oxygen atoms in total. The molecule has 1 aromatic heterocycles. The third-order valence-corrected chi connectivity index (χ3v) is 5.25. The minimum atomic E-state index is 0.319. The number of hydrogen-bond donors (Lipinski definition) is 0. The van der Waals surface area contributed by atoms with E-state index in [2.05, 4.69) is 90.2 Å². The number of benzene rings is 2. The maximum atomic E-state index is 2.63. The van der Waals surface area contributed by atoms with Gasteiger partial charge in [-0.3, -0.25) is 4.90 Å². The van der Waals surface area contributed by atoms with Gasteiger partial charge in [0.15, 0.2) is 0 Å². The van der Waals surface area contributed by atoms with Crippen LogP contribution in [0.25, 0.3) is 0 Å². The average molecular weight is 330 g/mol. The maximum absolute atomic E-state index is 2.63. The summed E-state index contributed by atoms with van der Waals surface area (Å²) in [6.07, 6.45) is 3.42. The van der Waals surface area contributed by atoms with Gasteiger partial charge in [0.1, 0.15) is 0 Å². The molecule has 1 aliphatic rings. The van der Waals surface area contributed by atoms with Crippen molar-refractivity contribution in [2.75, 3.05) is 6.54 Å². The highest BCUT2D eigenvalue weighted by atomic mass is 15.2. The third-order valence-electron chi connectivity index (χ3n) is 5.25. The van der Waals surface area contributed by atoms with Gasteiger partial charge in [-0.15, -0.1) is 0 Å². The molecule has 0 bridgehead atoms. The van der Waals surface area contributed by atoms with Crippen molar-refractivity contribution in [2.45, 2.75) is 39.4 Å². The van der Waals surface area contributed by atoms with Crippen molar-refractivity contribution >= 4 is 0 Å². The van der Waals surface area contributed by atoms with Gasteiger partial charge in [0.25, 0.3) is 0 Å². The number of hydrogen-bond acceptors (Lipinski definition) is 1. The summed E-state index contributed by atoms with van der Waals surface area (Å²) in [5.41, 5.74) is 6.83. The van der Waals surface area contributed by atoms with Gasteiger partial charge >= 0.3 is 0 Å². The Morgan fingerprint density at radius 2 is 1.52 bits per heavy atom. The van der Waals surface area contributed by atoms with Crippen molar-refractivity contribution in [3.63, 3.8) is 0 Å². The van der Waals surface area contributed by atoms with E-state index in [1.807, 2.05) is 0 Å². The second kappa shape index (κ2) is 6.89. The van der Waals surface area contributed by atoms with Gasteiger partial charge in [0, 0.05) is 31.5 Å². The summed E-state index contributed by atoms with van der Waals surface area (Å²) in [6, 6.07) is 22.8. The van der Waals surface area contributed by atoms with E-state index < -0.39 is 0 Å². The Kier molecular flexibility index (Phi) is 4.46. The van der Waals surface area contributed by atoms with E-state index >= 15 is 0 Å². The number of aromatic nitrogens is 1. The first kappa shape index (κ1) is 16.2. The van der Waals surface area contributed by atoms with Crippen LogP contribution >= 0.6 is 0 Å². The third kappa shape index (κ3) is 3.40. The van der Waals surface area contributed by atoms with Crippen LogP contribution in [0.15, 0.2) is 66.9 Å². The van der Waals surface area contributed by atoms with E-state index in [-0.39, 0.29) is 0 Å². The molecule has 0 radical (unpaired) electrons. The van der Waals surface area contributed by atoms with Crippen molar-refractivity contribution in [1.82, 2.24) is 9.47 Å².